The normalized spacial score (nSPS) is 15.4. The first-order valence-corrected chi connectivity index (χ1v) is 11.2. The number of fused-ring (bicyclic) bond motifs is 2. The average molecular weight is 394 g/mol. The highest BCUT2D eigenvalue weighted by Crippen LogP contribution is 2.38. The van der Waals surface area contributed by atoms with Gasteiger partial charge in [0.1, 0.15) is 0 Å². The van der Waals surface area contributed by atoms with E-state index in [1.165, 1.54) is 11.1 Å². The van der Waals surface area contributed by atoms with Crippen molar-refractivity contribution in [1.82, 2.24) is 10.0 Å². The average Bonchev–Trinajstić information content (AvgIpc) is 3.20. The minimum atomic E-state index is -3.88. The van der Waals surface area contributed by atoms with E-state index in [0.29, 0.717) is 0 Å². The van der Waals surface area contributed by atoms with Gasteiger partial charge in [0.05, 0.1) is 5.75 Å². The third-order valence-electron chi connectivity index (χ3n) is 5.01. The van der Waals surface area contributed by atoms with E-state index in [2.05, 4.69) is 16.7 Å². The molecule has 1 aromatic carbocycles. The molecular formula is C19H27N3O4S. The zero-order valence-corrected chi connectivity index (χ0v) is 16.7. The van der Waals surface area contributed by atoms with Crippen molar-refractivity contribution in [3.63, 3.8) is 0 Å². The van der Waals surface area contributed by atoms with Crippen LogP contribution in [0.15, 0.2) is 6.07 Å². The number of hydrogen-bond donors (Lipinski definition) is 3. The summed E-state index contributed by atoms with van der Waals surface area (Å²) in [6.45, 7) is 3.60. The van der Waals surface area contributed by atoms with Crippen LogP contribution in [0.5, 0.6) is 0 Å². The van der Waals surface area contributed by atoms with Gasteiger partial charge in [-0.2, -0.15) is 0 Å². The van der Waals surface area contributed by atoms with Gasteiger partial charge in [-0.15, -0.1) is 0 Å². The maximum atomic E-state index is 12.3. The van der Waals surface area contributed by atoms with E-state index in [4.69, 9.17) is 0 Å². The molecule has 0 saturated carbocycles. The Morgan fingerprint density at radius 1 is 1.04 bits per heavy atom. The lowest BCUT2D eigenvalue weighted by Crippen LogP contribution is -2.38. The molecule has 148 valence electrons. The summed E-state index contributed by atoms with van der Waals surface area (Å²) in [4.78, 5) is 24.0. The van der Waals surface area contributed by atoms with Crippen LogP contribution >= 0.6 is 0 Å². The molecule has 0 saturated heterocycles. The summed E-state index contributed by atoms with van der Waals surface area (Å²) in [7, 11) is -3.88. The molecule has 27 heavy (non-hydrogen) atoms. The third kappa shape index (κ3) is 4.80. The lowest BCUT2D eigenvalue weighted by molar-refractivity contribution is -0.121. The Bertz CT molecular complexity index is 830. The largest absolute Gasteiger partial charge is 0.354 e. The molecule has 0 aromatic heterocycles. The standard InChI is InChI=1S/C19H27N3O4S/c1-12(2)20-17(23)9-10-27(25,26)22-19(24)21-18-15-7-3-5-13(15)11-14-6-4-8-16(14)18/h11-12H,3-10H2,1-2H3,(H,20,23)(H2,21,22,24). The van der Waals surface area contributed by atoms with Crippen molar-refractivity contribution >= 4 is 27.6 Å². The van der Waals surface area contributed by atoms with Gasteiger partial charge in [0.2, 0.25) is 15.9 Å². The molecule has 0 aliphatic heterocycles. The van der Waals surface area contributed by atoms with Crippen LogP contribution in [0.1, 0.15) is 55.4 Å². The van der Waals surface area contributed by atoms with Crippen LogP contribution in [0.3, 0.4) is 0 Å². The van der Waals surface area contributed by atoms with Gasteiger partial charge < -0.3 is 10.6 Å². The maximum absolute atomic E-state index is 12.3. The third-order valence-corrected chi connectivity index (χ3v) is 6.25. The Hall–Kier alpha value is -2.09. The number of carbonyl (C=O) groups is 2. The second-order valence-corrected chi connectivity index (χ2v) is 9.42. The van der Waals surface area contributed by atoms with Crippen molar-refractivity contribution in [2.45, 2.75) is 64.8 Å². The second-order valence-electron chi connectivity index (χ2n) is 7.58. The number of rotatable bonds is 6. The molecule has 0 atom stereocenters. The van der Waals surface area contributed by atoms with E-state index in [0.717, 1.165) is 55.3 Å². The van der Waals surface area contributed by atoms with Gasteiger partial charge in [-0.1, -0.05) is 6.07 Å². The first-order chi connectivity index (χ1) is 12.7. The van der Waals surface area contributed by atoms with Crippen LogP contribution < -0.4 is 15.4 Å². The molecule has 0 fully saturated rings. The fourth-order valence-electron chi connectivity index (χ4n) is 3.92. The summed E-state index contributed by atoms with van der Waals surface area (Å²) < 4.78 is 26.3. The molecule has 7 nitrogen and oxygen atoms in total. The highest BCUT2D eigenvalue weighted by Gasteiger charge is 2.26. The van der Waals surface area contributed by atoms with Crippen LogP contribution in [-0.2, 0) is 40.5 Å². The molecule has 0 heterocycles. The van der Waals surface area contributed by atoms with Crippen molar-refractivity contribution in [2.75, 3.05) is 11.1 Å². The van der Waals surface area contributed by atoms with Gasteiger partial charge in [0.15, 0.2) is 0 Å². The molecule has 8 heteroatoms. The van der Waals surface area contributed by atoms with E-state index < -0.39 is 21.8 Å². The summed E-state index contributed by atoms with van der Waals surface area (Å²) >= 11 is 0. The fraction of sp³-hybridized carbons (Fsp3) is 0.579. The molecule has 3 rings (SSSR count). The smallest absolute Gasteiger partial charge is 0.332 e. The first kappa shape index (κ1) is 19.7. The number of amides is 3. The monoisotopic (exact) mass is 393 g/mol. The molecule has 3 amide bonds. The second kappa shape index (κ2) is 7.88. The lowest BCUT2D eigenvalue weighted by Gasteiger charge is -2.16. The highest BCUT2D eigenvalue weighted by molar-refractivity contribution is 7.90. The number of hydrogen-bond acceptors (Lipinski definition) is 4. The number of sulfonamides is 1. The lowest BCUT2D eigenvalue weighted by atomic mass is 9.99. The van der Waals surface area contributed by atoms with Gasteiger partial charge in [0, 0.05) is 18.2 Å². The Kier molecular flexibility index (Phi) is 5.74. The van der Waals surface area contributed by atoms with Crippen molar-refractivity contribution in [3.05, 3.63) is 28.3 Å². The Morgan fingerprint density at radius 2 is 1.63 bits per heavy atom. The van der Waals surface area contributed by atoms with E-state index in [-0.39, 0.29) is 18.4 Å². The van der Waals surface area contributed by atoms with Crippen LogP contribution in [0, 0.1) is 0 Å². The predicted molar refractivity (Wildman–Crippen MR) is 104 cm³/mol. The summed E-state index contributed by atoms with van der Waals surface area (Å²) in [5.41, 5.74) is 5.60. The topological polar surface area (TPSA) is 104 Å². The zero-order chi connectivity index (χ0) is 19.6. The van der Waals surface area contributed by atoms with Gasteiger partial charge in [-0.25, -0.2) is 17.9 Å². The molecule has 0 spiro atoms. The summed E-state index contributed by atoms with van der Waals surface area (Å²) in [6.07, 6.45) is 5.73. The minimum absolute atomic E-state index is 0.0567. The molecule has 2 aliphatic carbocycles. The SMILES string of the molecule is CC(C)NC(=O)CCS(=O)(=O)NC(=O)Nc1c2c(cc3c1CCC3)CCC2. The van der Waals surface area contributed by atoms with Crippen molar-refractivity contribution < 1.29 is 18.0 Å². The number of benzene rings is 1. The van der Waals surface area contributed by atoms with Gasteiger partial charge >= 0.3 is 6.03 Å². The number of anilines is 1. The Balaban J connectivity index is 1.66. The van der Waals surface area contributed by atoms with Crippen molar-refractivity contribution in [3.8, 4) is 0 Å². The Labute approximate surface area is 160 Å². The van der Waals surface area contributed by atoms with Crippen LogP contribution in [-0.4, -0.2) is 32.2 Å². The zero-order valence-electron chi connectivity index (χ0n) is 15.9. The highest BCUT2D eigenvalue weighted by atomic mass is 32.2. The van der Waals surface area contributed by atoms with Crippen LogP contribution in [0.4, 0.5) is 10.5 Å². The molecule has 0 radical (unpaired) electrons. The fourth-order valence-corrected chi connectivity index (χ4v) is 4.81. The first-order valence-electron chi connectivity index (χ1n) is 9.52. The number of nitrogens with one attached hydrogen (secondary N) is 3. The number of aryl methyl sites for hydroxylation is 2. The minimum Gasteiger partial charge on any atom is -0.354 e. The molecule has 1 aromatic rings. The number of urea groups is 1. The van der Waals surface area contributed by atoms with Gasteiger partial charge in [0.25, 0.3) is 0 Å². The Morgan fingerprint density at radius 3 is 2.19 bits per heavy atom. The molecule has 2 aliphatic rings. The summed E-state index contributed by atoms with van der Waals surface area (Å²) in [5, 5.41) is 5.42. The predicted octanol–water partition coefficient (Wildman–Crippen LogP) is 2.03. The molecule has 0 bridgehead atoms. The number of carbonyl (C=O) groups excluding carboxylic acids is 2. The molecule has 3 N–H and O–H groups in total. The van der Waals surface area contributed by atoms with E-state index in [9.17, 15) is 18.0 Å². The van der Waals surface area contributed by atoms with Crippen molar-refractivity contribution in [1.29, 1.82) is 0 Å². The van der Waals surface area contributed by atoms with Crippen LogP contribution in [0.2, 0.25) is 0 Å². The van der Waals surface area contributed by atoms with Crippen molar-refractivity contribution in [2.24, 2.45) is 0 Å². The van der Waals surface area contributed by atoms with E-state index in [1.54, 1.807) is 13.8 Å². The summed E-state index contributed by atoms with van der Waals surface area (Å²) in [6, 6.07) is 1.44. The van der Waals surface area contributed by atoms with Gasteiger partial charge in [-0.3, -0.25) is 4.79 Å². The molecular weight excluding hydrogens is 366 g/mol. The van der Waals surface area contributed by atoms with Gasteiger partial charge in [-0.05, 0) is 74.6 Å². The molecule has 0 unspecified atom stereocenters. The maximum Gasteiger partial charge on any atom is 0.332 e. The van der Waals surface area contributed by atoms with E-state index >= 15 is 0 Å². The van der Waals surface area contributed by atoms with E-state index in [1.807, 2.05) is 4.72 Å². The quantitative estimate of drug-likeness (QED) is 0.688. The van der Waals surface area contributed by atoms with Crippen LogP contribution in [0.25, 0.3) is 0 Å². The summed E-state index contributed by atoms with van der Waals surface area (Å²) in [5.74, 6) is -0.779.